The van der Waals surface area contributed by atoms with Crippen molar-refractivity contribution in [2.24, 2.45) is 5.92 Å². The Bertz CT molecular complexity index is 412. The molecule has 0 atom stereocenters. The van der Waals surface area contributed by atoms with E-state index < -0.39 is 0 Å². The Morgan fingerprint density at radius 1 is 1.47 bits per heavy atom. The smallest absolute Gasteiger partial charge is 0.314 e. The Balaban J connectivity index is 2.50. The fourth-order valence-corrected chi connectivity index (χ4v) is 1.06. The third-order valence-corrected chi connectivity index (χ3v) is 2.53. The van der Waals surface area contributed by atoms with Crippen molar-refractivity contribution in [1.82, 2.24) is 10.3 Å². The molecule has 0 saturated carbocycles. The number of hydrogen-bond acceptors (Lipinski definition) is 2. The average molecular weight is 254 g/mol. The van der Waals surface area contributed by atoms with E-state index in [1.54, 1.807) is 18.3 Å². The number of rotatable bonds is 3. The second kappa shape index (κ2) is 6.25. The van der Waals surface area contributed by atoms with E-state index in [-0.39, 0.29) is 6.03 Å². The molecule has 17 heavy (non-hydrogen) atoms. The molecule has 2 N–H and O–H groups in total. The van der Waals surface area contributed by atoms with E-state index in [1.807, 2.05) is 6.92 Å². The van der Waals surface area contributed by atoms with Gasteiger partial charge in [-0.05, 0) is 25.0 Å². The predicted octanol–water partition coefficient (Wildman–Crippen LogP) is 3.42. The first-order chi connectivity index (χ1) is 7.99. The topological polar surface area (TPSA) is 54.0 Å². The summed E-state index contributed by atoms with van der Waals surface area (Å²) in [6.45, 7) is 6.09. The predicted molar refractivity (Wildman–Crippen MR) is 70.0 cm³/mol. The lowest BCUT2D eigenvalue weighted by Gasteiger charge is -2.07. The zero-order valence-electron chi connectivity index (χ0n) is 10.1. The lowest BCUT2D eigenvalue weighted by molar-refractivity contribution is 0.255. The Kier molecular flexibility index (Phi) is 4.97. The molecule has 0 aliphatic rings. The van der Waals surface area contributed by atoms with E-state index in [0.717, 1.165) is 5.57 Å². The molecule has 1 aromatic heterocycles. The van der Waals surface area contributed by atoms with Gasteiger partial charge < -0.3 is 5.32 Å². The van der Waals surface area contributed by atoms with Gasteiger partial charge in [-0.15, -0.1) is 0 Å². The van der Waals surface area contributed by atoms with Crippen LogP contribution in [-0.2, 0) is 0 Å². The minimum absolute atomic E-state index is 0.320. The van der Waals surface area contributed by atoms with Gasteiger partial charge in [0.15, 0.2) is 0 Å². The minimum atomic E-state index is -0.320. The molecule has 0 fully saturated rings. The fraction of sp³-hybridized carbons (Fsp3) is 0.333. The highest BCUT2D eigenvalue weighted by molar-refractivity contribution is 6.30. The number of allylic oxidation sites excluding steroid dienone is 1. The summed E-state index contributed by atoms with van der Waals surface area (Å²) in [5.41, 5.74) is 1.10. The van der Waals surface area contributed by atoms with Crippen molar-refractivity contribution in [3.8, 4) is 0 Å². The molecule has 5 heteroatoms. The number of nitrogens with zero attached hydrogens (tertiary/aromatic N) is 1. The van der Waals surface area contributed by atoms with E-state index in [4.69, 9.17) is 11.6 Å². The zero-order chi connectivity index (χ0) is 12.8. The number of aromatic nitrogens is 1. The summed E-state index contributed by atoms with van der Waals surface area (Å²) in [7, 11) is 0. The van der Waals surface area contributed by atoms with Crippen LogP contribution in [0.1, 0.15) is 20.8 Å². The molecule has 1 rings (SSSR count). The van der Waals surface area contributed by atoms with Gasteiger partial charge in [-0.3, -0.25) is 5.32 Å². The van der Waals surface area contributed by atoms with Crippen LogP contribution in [0, 0.1) is 5.92 Å². The van der Waals surface area contributed by atoms with Gasteiger partial charge in [-0.25, -0.2) is 9.78 Å². The maximum Gasteiger partial charge on any atom is 0.324 e. The van der Waals surface area contributed by atoms with Gasteiger partial charge in [-0.1, -0.05) is 31.0 Å². The minimum Gasteiger partial charge on any atom is -0.314 e. The Morgan fingerprint density at radius 2 is 2.18 bits per heavy atom. The molecule has 92 valence electrons. The summed E-state index contributed by atoms with van der Waals surface area (Å²) in [5.74, 6) is 0.867. The Hall–Kier alpha value is -1.55. The monoisotopic (exact) mass is 253 g/mol. The first-order valence-electron chi connectivity index (χ1n) is 5.34. The number of nitrogens with one attached hydrogen (secondary N) is 2. The second-order valence-electron chi connectivity index (χ2n) is 4.00. The molecule has 0 aliphatic carbocycles. The standard InChI is InChI=1S/C12H16ClN3O/c1-8(2)9(3)6-15-12(17)16-11-5-4-10(13)7-14-11/h4-8H,1-3H3,(H2,14,15,16,17)/b9-6+. The quantitative estimate of drug-likeness (QED) is 0.867. The van der Waals surface area contributed by atoms with Crippen LogP contribution >= 0.6 is 11.6 Å². The van der Waals surface area contributed by atoms with Gasteiger partial charge in [0.25, 0.3) is 0 Å². The number of pyridine rings is 1. The van der Waals surface area contributed by atoms with Crippen LogP contribution in [0.4, 0.5) is 10.6 Å². The lowest BCUT2D eigenvalue weighted by atomic mass is 10.1. The molecular formula is C12H16ClN3O. The lowest BCUT2D eigenvalue weighted by Crippen LogP contribution is -2.25. The van der Waals surface area contributed by atoms with Crippen molar-refractivity contribution in [3.63, 3.8) is 0 Å². The van der Waals surface area contributed by atoms with Crippen LogP contribution in [0.5, 0.6) is 0 Å². The first-order valence-corrected chi connectivity index (χ1v) is 5.72. The van der Waals surface area contributed by atoms with E-state index in [1.165, 1.54) is 6.20 Å². The van der Waals surface area contributed by atoms with Crippen molar-refractivity contribution in [3.05, 3.63) is 35.1 Å². The SMILES string of the molecule is C/C(=C\NC(=O)Nc1ccc(Cl)cn1)C(C)C. The number of hydrogen-bond donors (Lipinski definition) is 2. The number of carbonyl (C=O) groups is 1. The van der Waals surface area contributed by atoms with E-state index in [0.29, 0.717) is 16.8 Å². The van der Waals surface area contributed by atoms with Gasteiger partial charge >= 0.3 is 6.03 Å². The molecule has 1 aromatic rings. The average Bonchev–Trinajstić information content (AvgIpc) is 2.29. The molecule has 2 amide bonds. The molecule has 0 radical (unpaired) electrons. The molecule has 0 spiro atoms. The van der Waals surface area contributed by atoms with Crippen molar-refractivity contribution >= 4 is 23.4 Å². The molecule has 0 unspecified atom stereocenters. The van der Waals surface area contributed by atoms with Crippen LogP contribution in [0.2, 0.25) is 5.02 Å². The summed E-state index contributed by atoms with van der Waals surface area (Å²) in [6, 6.07) is 2.99. The molecule has 0 aromatic carbocycles. The number of amides is 2. The zero-order valence-corrected chi connectivity index (χ0v) is 10.9. The van der Waals surface area contributed by atoms with Gasteiger partial charge in [0.05, 0.1) is 5.02 Å². The van der Waals surface area contributed by atoms with Crippen molar-refractivity contribution in [2.75, 3.05) is 5.32 Å². The molecule has 0 bridgehead atoms. The maximum atomic E-state index is 11.5. The number of halogens is 1. The van der Waals surface area contributed by atoms with E-state index in [9.17, 15) is 4.79 Å². The van der Waals surface area contributed by atoms with Crippen LogP contribution in [-0.4, -0.2) is 11.0 Å². The van der Waals surface area contributed by atoms with Gasteiger partial charge in [0, 0.05) is 12.4 Å². The van der Waals surface area contributed by atoms with Crippen LogP contribution in [0.25, 0.3) is 0 Å². The number of anilines is 1. The fourth-order valence-electron chi connectivity index (χ4n) is 0.948. The Morgan fingerprint density at radius 3 is 2.71 bits per heavy atom. The van der Waals surface area contributed by atoms with Gasteiger partial charge in [-0.2, -0.15) is 0 Å². The highest BCUT2D eigenvalue weighted by Crippen LogP contribution is 2.09. The second-order valence-corrected chi connectivity index (χ2v) is 4.44. The molecule has 4 nitrogen and oxygen atoms in total. The highest BCUT2D eigenvalue weighted by Gasteiger charge is 2.01. The summed E-state index contributed by atoms with van der Waals surface area (Å²) in [4.78, 5) is 15.4. The van der Waals surface area contributed by atoms with Crippen LogP contribution in [0.15, 0.2) is 30.1 Å². The molecule has 0 saturated heterocycles. The van der Waals surface area contributed by atoms with Crippen molar-refractivity contribution in [2.45, 2.75) is 20.8 Å². The molecular weight excluding hydrogens is 238 g/mol. The summed E-state index contributed by atoms with van der Waals surface area (Å²) >= 11 is 5.69. The molecule has 0 aliphatic heterocycles. The van der Waals surface area contributed by atoms with Crippen molar-refractivity contribution in [1.29, 1.82) is 0 Å². The van der Waals surface area contributed by atoms with Gasteiger partial charge in [0.2, 0.25) is 0 Å². The number of urea groups is 1. The highest BCUT2D eigenvalue weighted by atomic mass is 35.5. The third kappa shape index (κ3) is 4.87. The Labute approximate surface area is 106 Å². The van der Waals surface area contributed by atoms with E-state index >= 15 is 0 Å². The third-order valence-electron chi connectivity index (χ3n) is 2.31. The van der Waals surface area contributed by atoms with Crippen LogP contribution in [0.3, 0.4) is 0 Å². The summed E-state index contributed by atoms with van der Waals surface area (Å²) < 4.78 is 0. The van der Waals surface area contributed by atoms with Gasteiger partial charge in [0.1, 0.15) is 5.82 Å². The van der Waals surface area contributed by atoms with Crippen LogP contribution < -0.4 is 10.6 Å². The molecule has 1 heterocycles. The summed E-state index contributed by atoms with van der Waals surface area (Å²) in [6.07, 6.45) is 3.17. The number of carbonyl (C=O) groups excluding carboxylic acids is 1. The maximum absolute atomic E-state index is 11.5. The summed E-state index contributed by atoms with van der Waals surface area (Å²) in [5, 5.41) is 5.77. The van der Waals surface area contributed by atoms with Crippen molar-refractivity contribution < 1.29 is 4.79 Å². The van der Waals surface area contributed by atoms with E-state index in [2.05, 4.69) is 29.5 Å². The first kappa shape index (κ1) is 13.5. The normalized spacial score (nSPS) is 11.5. The largest absolute Gasteiger partial charge is 0.324 e.